The van der Waals surface area contributed by atoms with E-state index in [1.807, 2.05) is 30.3 Å². The molecular formula is C14H15NaO2. The normalized spacial score (nSPS) is 10.3. The van der Waals surface area contributed by atoms with Crippen molar-refractivity contribution in [2.45, 2.75) is 19.8 Å². The SMILES string of the molecule is CC(C)c1ccc(C(=O)O)c2ccccc12.[H-].[Na+]. The van der Waals surface area contributed by atoms with Gasteiger partial charge < -0.3 is 6.53 Å². The van der Waals surface area contributed by atoms with Crippen molar-refractivity contribution in [1.29, 1.82) is 0 Å². The molecule has 0 fully saturated rings. The van der Waals surface area contributed by atoms with E-state index in [0.29, 0.717) is 11.5 Å². The minimum absolute atomic E-state index is 0. The summed E-state index contributed by atoms with van der Waals surface area (Å²) in [7, 11) is 0. The van der Waals surface area contributed by atoms with E-state index in [-0.39, 0.29) is 31.0 Å². The summed E-state index contributed by atoms with van der Waals surface area (Å²) < 4.78 is 0. The summed E-state index contributed by atoms with van der Waals surface area (Å²) in [6.07, 6.45) is 0. The van der Waals surface area contributed by atoms with Crippen molar-refractivity contribution in [2.75, 3.05) is 0 Å². The third-order valence-corrected chi connectivity index (χ3v) is 2.81. The van der Waals surface area contributed by atoms with Gasteiger partial charge in [0, 0.05) is 0 Å². The van der Waals surface area contributed by atoms with Crippen LogP contribution in [0.1, 0.15) is 37.1 Å². The molecule has 2 aromatic carbocycles. The van der Waals surface area contributed by atoms with Gasteiger partial charge in [-0.05, 0) is 28.3 Å². The zero-order chi connectivity index (χ0) is 11.7. The van der Waals surface area contributed by atoms with Crippen LogP contribution in [0.15, 0.2) is 36.4 Å². The number of carbonyl (C=O) groups is 1. The molecule has 0 aromatic heterocycles. The molecule has 0 heterocycles. The first-order chi connectivity index (χ1) is 7.61. The van der Waals surface area contributed by atoms with Gasteiger partial charge in [-0.2, -0.15) is 0 Å². The number of aromatic carboxylic acids is 1. The van der Waals surface area contributed by atoms with E-state index < -0.39 is 5.97 Å². The molecule has 0 amide bonds. The summed E-state index contributed by atoms with van der Waals surface area (Å²) in [6.45, 7) is 4.23. The van der Waals surface area contributed by atoms with E-state index in [9.17, 15) is 4.79 Å². The Balaban J connectivity index is 0.00000144. The van der Waals surface area contributed by atoms with Gasteiger partial charge in [0.05, 0.1) is 5.56 Å². The smallest absolute Gasteiger partial charge is 1.00 e. The van der Waals surface area contributed by atoms with Crippen LogP contribution in [0.25, 0.3) is 10.8 Å². The Hall–Kier alpha value is -0.830. The van der Waals surface area contributed by atoms with Crippen LogP contribution < -0.4 is 29.6 Å². The standard InChI is InChI=1S/C14H14O2.Na.H/c1-9(2)10-7-8-13(14(15)16)12-6-4-3-5-11(10)12;;/h3-9H,1-2H3,(H,15,16);;/q;+1;-1. The van der Waals surface area contributed by atoms with E-state index in [2.05, 4.69) is 13.8 Å². The molecule has 0 saturated heterocycles. The molecule has 0 bridgehead atoms. The third kappa shape index (κ3) is 2.71. The second kappa shape index (κ2) is 5.67. The molecule has 3 heteroatoms. The number of carboxylic acids is 1. The maximum atomic E-state index is 11.1. The second-order valence-electron chi connectivity index (χ2n) is 4.21. The van der Waals surface area contributed by atoms with Crippen LogP contribution in [-0.2, 0) is 0 Å². The van der Waals surface area contributed by atoms with Crippen molar-refractivity contribution >= 4 is 16.7 Å². The molecule has 17 heavy (non-hydrogen) atoms. The molecule has 0 aliphatic carbocycles. The minimum Gasteiger partial charge on any atom is -1.00 e. The van der Waals surface area contributed by atoms with E-state index in [1.165, 1.54) is 5.56 Å². The molecule has 0 unspecified atom stereocenters. The van der Waals surface area contributed by atoms with Crippen molar-refractivity contribution in [3.63, 3.8) is 0 Å². The third-order valence-electron chi connectivity index (χ3n) is 2.81. The number of benzene rings is 2. The van der Waals surface area contributed by atoms with E-state index in [1.54, 1.807) is 6.07 Å². The number of rotatable bonds is 2. The molecular weight excluding hydrogens is 223 g/mol. The second-order valence-corrected chi connectivity index (χ2v) is 4.21. The number of hydrogen-bond donors (Lipinski definition) is 1. The fourth-order valence-corrected chi connectivity index (χ4v) is 2.01. The van der Waals surface area contributed by atoms with Crippen molar-refractivity contribution < 1.29 is 40.9 Å². The van der Waals surface area contributed by atoms with Gasteiger partial charge in [0.2, 0.25) is 0 Å². The molecule has 2 aromatic rings. The van der Waals surface area contributed by atoms with Crippen molar-refractivity contribution in [1.82, 2.24) is 0 Å². The summed E-state index contributed by atoms with van der Waals surface area (Å²) in [5, 5.41) is 11.0. The van der Waals surface area contributed by atoms with Gasteiger partial charge in [-0.15, -0.1) is 0 Å². The average molecular weight is 238 g/mol. The first-order valence-electron chi connectivity index (χ1n) is 5.36. The largest absolute Gasteiger partial charge is 1.00 e. The molecule has 2 rings (SSSR count). The van der Waals surface area contributed by atoms with Gasteiger partial charge in [0.25, 0.3) is 0 Å². The van der Waals surface area contributed by atoms with Gasteiger partial charge in [0.1, 0.15) is 0 Å². The monoisotopic (exact) mass is 238 g/mol. The molecule has 1 N–H and O–H groups in total. The summed E-state index contributed by atoms with van der Waals surface area (Å²) >= 11 is 0. The molecule has 2 nitrogen and oxygen atoms in total. The maximum Gasteiger partial charge on any atom is 1.00 e. The van der Waals surface area contributed by atoms with Gasteiger partial charge in [-0.3, -0.25) is 0 Å². The first kappa shape index (κ1) is 14.2. The van der Waals surface area contributed by atoms with E-state index >= 15 is 0 Å². The summed E-state index contributed by atoms with van der Waals surface area (Å²) in [5.41, 5.74) is 1.57. The topological polar surface area (TPSA) is 37.3 Å². The fourth-order valence-electron chi connectivity index (χ4n) is 2.01. The quantitative estimate of drug-likeness (QED) is 0.785. The molecule has 0 atom stereocenters. The van der Waals surface area contributed by atoms with E-state index in [4.69, 9.17) is 5.11 Å². The van der Waals surface area contributed by atoms with Gasteiger partial charge in [-0.25, -0.2) is 4.79 Å². The van der Waals surface area contributed by atoms with Crippen LogP contribution in [0.2, 0.25) is 0 Å². The van der Waals surface area contributed by atoms with Crippen LogP contribution in [0.4, 0.5) is 0 Å². The Kier molecular flexibility index (Phi) is 4.75. The Morgan fingerprint density at radius 3 is 2.24 bits per heavy atom. The summed E-state index contributed by atoms with van der Waals surface area (Å²) in [5.74, 6) is -0.473. The van der Waals surface area contributed by atoms with Crippen LogP contribution in [-0.4, -0.2) is 11.1 Å². The first-order valence-corrected chi connectivity index (χ1v) is 5.36. The molecule has 0 radical (unpaired) electrons. The van der Waals surface area contributed by atoms with Gasteiger partial charge in [0.15, 0.2) is 0 Å². The molecule has 0 aliphatic heterocycles. The Labute approximate surface area is 124 Å². The number of fused-ring (bicyclic) bond motifs is 1. The molecule has 0 aliphatic rings. The van der Waals surface area contributed by atoms with Gasteiger partial charge in [-0.1, -0.05) is 44.2 Å². The zero-order valence-corrected chi connectivity index (χ0v) is 12.4. The summed E-state index contributed by atoms with van der Waals surface area (Å²) in [4.78, 5) is 11.1. The van der Waals surface area contributed by atoms with Crippen molar-refractivity contribution in [3.05, 3.63) is 47.5 Å². The van der Waals surface area contributed by atoms with Gasteiger partial charge >= 0.3 is 35.5 Å². The Morgan fingerprint density at radius 1 is 1.12 bits per heavy atom. The van der Waals surface area contributed by atoms with Crippen LogP contribution >= 0.6 is 0 Å². The zero-order valence-electron chi connectivity index (χ0n) is 11.4. The summed E-state index contributed by atoms with van der Waals surface area (Å²) in [6, 6.07) is 11.3. The minimum atomic E-state index is -0.869. The van der Waals surface area contributed by atoms with Crippen LogP contribution in [0.5, 0.6) is 0 Å². The Bertz CT molecular complexity index is 552. The van der Waals surface area contributed by atoms with Crippen molar-refractivity contribution in [2.24, 2.45) is 0 Å². The number of hydrogen-bond acceptors (Lipinski definition) is 1. The maximum absolute atomic E-state index is 11.1. The number of carboxylic acid groups (broad SMARTS) is 1. The Morgan fingerprint density at radius 2 is 1.71 bits per heavy atom. The molecule has 0 spiro atoms. The predicted molar refractivity (Wildman–Crippen MR) is 66.1 cm³/mol. The molecule has 84 valence electrons. The molecule has 0 saturated carbocycles. The average Bonchev–Trinajstić information content (AvgIpc) is 2.27. The van der Waals surface area contributed by atoms with Crippen LogP contribution in [0.3, 0.4) is 0 Å². The van der Waals surface area contributed by atoms with Crippen molar-refractivity contribution in [3.8, 4) is 0 Å². The predicted octanol–water partition coefficient (Wildman–Crippen LogP) is 0.778. The fraction of sp³-hybridized carbons (Fsp3) is 0.214. The van der Waals surface area contributed by atoms with Crippen LogP contribution in [0, 0.1) is 0 Å². The van der Waals surface area contributed by atoms with E-state index in [0.717, 1.165) is 10.8 Å².